The molecule has 1 fully saturated rings. The number of aliphatic hydroxyl groups is 2. The number of hydrogen-bond donors (Lipinski definition) is 3. The van der Waals surface area contributed by atoms with Crippen LogP contribution in [-0.4, -0.2) is 74.7 Å². The second-order valence-electron chi connectivity index (χ2n) is 10.1. The lowest BCUT2D eigenvalue weighted by atomic mass is 10.0. The summed E-state index contributed by atoms with van der Waals surface area (Å²) in [6.07, 6.45) is -0.146. The van der Waals surface area contributed by atoms with Crippen LogP contribution in [0, 0.1) is 0 Å². The number of carbonyl (C=O) groups excluding carboxylic acids is 3. The van der Waals surface area contributed by atoms with Gasteiger partial charge in [0, 0.05) is 31.4 Å². The summed E-state index contributed by atoms with van der Waals surface area (Å²) in [4.78, 5) is 46.4. The van der Waals surface area contributed by atoms with E-state index in [1.54, 1.807) is 0 Å². The van der Waals surface area contributed by atoms with Crippen LogP contribution in [0.15, 0.2) is 90.3 Å². The van der Waals surface area contributed by atoms with E-state index in [0.717, 1.165) is 22.4 Å². The minimum atomic E-state index is -2.00. The highest BCUT2D eigenvalue weighted by Gasteiger charge is 2.40. The van der Waals surface area contributed by atoms with Crippen LogP contribution >= 0.6 is 11.3 Å². The zero-order valence-corrected chi connectivity index (χ0v) is 24.8. The van der Waals surface area contributed by atoms with Gasteiger partial charge in [-0.15, -0.1) is 11.3 Å². The van der Waals surface area contributed by atoms with Gasteiger partial charge in [0.05, 0.1) is 18.3 Å². The van der Waals surface area contributed by atoms with Crippen molar-refractivity contribution in [3.63, 3.8) is 0 Å². The molecule has 43 heavy (non-hydrogen) atoms. The predicted octanol–water partition coefficient (Wildman–Crippen LogP) is 3.38. The number of carbonyl (C=O) groups is 3. The number of amides is 3. The van der Waals surface area contributed by atoms with E-state index in [0.29, 0.717) is 11.4 Å². The van der Waals surface area contributed by atoms with Crippen molar-refractivity contribution in [3.05, 3.63) is 112 Å². The molecule has 1 aliphatic rings. The van der Waals surface area contributed by atoms with E-state index in [1.165, 1.54) is 21.1 Å². The Hall–Kier alpha value is -4.32. The summed E-state index contributed by atoms with van der Waals surface area (Å²) in [6.45, 7) is 6.37. The van der Waals surface area contributed by atoms with Crippen molar-refractivity contribution in [1.82, 2.24) is 20.1 Å². The SMILES string of the molecule is C=C(/C=C\C)Cc1csc(CNC(=O)[C@H](O)[C@@H](O)C(=O)N2CCN(C(=O)OCc3ccccc3)C[C@@H]2c2ccccc2)n1. The summed E-state index contributed by atoms with van der Waals surface area (Å²) in [5, 5.41) is 26.4. The Bertz CT molecular complexity index is 1430. The number of nitrogens with zero attached hydrogens (tertiary/aromatic N) is 3. The quantitative estimate of drug-likeness (QED) is 0.286. The summed E-state index contributed by atoms with van der Waals surface area (Å²) in [7, 11) is 0. The lowest BCUT2D eigenvalue weighted by molar-refractivity contribution is -0.156. The van der Waals surface area contributed by atoms with Gasteiger partial charge in [0.1, 0.15) is 11.6 Å². The zero-order valence-electron chi connectivity index (χ0n) is 24.0. The molecule has 3 N–H and O–H groups in total. The molecule has 11 heteroatoms. The topological polar surface area (TPSA) is 132 Å². The van der Waals surface area contributed by atoms with Crippen LogP contribution in [0.3, 0.4) is 0 Å². The maximum absolute atomic E-state index is 13.4. The summed E-state index contributed by atoms with van der Waals surface area (Å²) < 4.78 is 5.49. The van der Waals surface area contributed by atoms with Gasteiger partial charge in [0.25, 0.3) is 11.8 Å². The van der Waals surface area contributed by atoms with Gasteiger partial charge in [-0.25, -0.2) is 9.78 Å². The van der Waals surface area contributed by atoms with Gasteiger partial charge in [-0.1, -0.05) is 79.4 Å². The van der Waals surface area contributed by atoms with Crippen molar-refractivity contribution in [3.8, 4) is 0 Å². The smallest absolute Gasteiger partial charge is 0.410 e. The van der Waals surface area contributed by atoms with E-state index in [-0.39, 0.29) is 32.8 Å². The standard InChI is InChI=1S/C32H36N4O6S/c1-3-10-22(2)17-25-21-43-27(34-25)18-33-30(39)28(37)29(38)31(40)36-16-15-35(19-26(36)24-13-8-5-9-14-24)32(41)42-20-23-11-6-4-7-12-23/h3-14,21,26,28-29,37-38H,2,15-20H2,1H3,(H,33,39)/b10-3-/t26-,28-,29-/m1/s1. The van der Waals surface area contributed by atoms with E-state index in [1.807, 2.05) is 85.1 Å². The number of benzene rings is 2. The van der Waals surface area contributed by atoms with Gasteiger partial charge in [-0.3, -0.25) is 9.59 Å². The minimum Gasteiger partial charge on any atom is -0.445 e. The molecule has 0 spiro atoms. The van der Waals surface area contributed by atoms with Crippen LogP contribution < -0.4 is 5.32 Å². The van der Waals surface area contributed by atoms with Gasteiger partial charge >= 0.3 is 6.09 Å². The van der Waals surface area contributed by atoms with Crippen molar-refractivity contribution in [1.29, 1.82) is 0 Å². The second-order valence-corrected chi connectivity index (χ2v) is 11.1. The fourth-order valence-corrected chi connectivity index (χ4v) is 5.47. The van der Waals surface area contributed by atoms with Gasteiger partial charge < -0.3 is 30.1 Å². The highest BCUT2D eigenvalue weighted by atomic mass is 32.1. The Kier molecular flexibility index (Phi) is 11.2. The molecule has 1 aliphatic heterocycles. The van der Waals surface area contributed by atoms with E-state index in [4.69, 9.17) is 4.74 Å². The first kappa shape index (κ1) is 31.6. The lowest BCUT2D eigenvalue weighted by Crippen LogP contribution is -2.57. The molecule has 2 aromatic carbocycles. The third-order valence-corrected chi connectivity index (χ3v) is 7.85. The van der Waals surface area contributed by atoms with Crippen molar-refractivity contribution < 1.29 is 29.3 Å². The number of allylic oxidation sites excluding steroid dienone is 3. The first-order valence-electron chi connectivity index (χ1n) is 14.0. The fourth-order valence-electron chi connectivity index (χ4n) is 4.74. The van der Waals surface area contributed by atoms with Gasteiger partial charge in [-0.2, -0.15) is 0 Å². The largest absolute Gasteiger partial charge is 0.445 e. The molecule has 3 aromatic rings. The zero-order chi connectivity index (χ0) is 30.8. The highest BCUT2D eigenvalue weighted by Crippen LogP contribution is 2.27. The molecule has 10 nitrogen and oxygen atoms in total. The molecule has 0 saturated carbocycles. The van der Waals surface area contributed by atoms with E-state index in [9.17, 15) is 24.6 Å². The van der Waals surface area contributed by atoms with Crippen LogP contribution in [0.1, 0.15) is 34.8 Å². The maximum atomic E-state index is 13.4. The summed E-state index contributed by atoms with van der Waals surface area (Å²) in [5.41, 5.74) is 3.30. The predicted molar refractivity (Wildman–Crippen MR) is 163 cm³/mol. The van der Waals surface area contributed by atoms with E-state index < -0.39 is 36.2 Å². The Balaban J connectivity index is 1.36. The van der Waals surface area contributed by atoms with E-state index in [2.05, 4.69) is 16.9 Å². The molecule has 3 atom stereocenters. The average Bonchev–Trinajstić information content (AvgIpc) is 3.49. The molecular weight excluding hydrogens is 568 g/mol. The monoisotopic (exact) mass is 604 g/mol. The molecule has 1 aromatic heterocycles. The van der Waals surface area contributed by atoms with Crippen molar-refractivity contribution in [2.75, 3.05) is 19.6 Å². The third kappa shape index (κ3) is 8.60. The van der Waals surface area contributed by atoms with Gasteiger partial charge in [0.2, 0.25) is 0 Å². The number of aromatic nitrogens is 1. The number of ether oxygens (including phenoxy) is 1. The molecule has 4 rings (SSSR count). The Morgan fingerprint density at radius 2 is 1.79 bits per heavy atom. The minimum absolute atomic E-state index is 0.0357. The van der Waals surface area contributed by atoms with Crippen LogP contribution in [0.4, 0.5) is 4.79 Å². The normalized spacial score (nSPS) is 16.5. The second kappa shape index (κ2) is 15.2. The highest BCUT2D eigenvalue weighted by molar-refractivity contribution is 7.09. The van der Waals surface area contributed by atoms with Crippen molar-refractivity contribution in [2.24, 2.45) is 0 Å². The number of piperazine rings is 1. The Morgan fingerprint density at radius 3 is 2.49 bits per heavy atom. The third-order valence-electron chi connectivity index (χ3n) is 6.96. The van der Waals surface area contributed by atoms with Crippen LogP contribution in [0.25, 0.3) is 0 Å². The average molecular weight is 605 g/mol. The number of hydrogen-bond acceptors (Lipinski definition) is 8. The van der Waals surface area contributed by atoms with Crippen LogP contribution in [0.2, 0.25) is 0 Å². The first-order chi connectivity index (χ1) is 20.8. The van der Waals surface area contributed by atoms with Crippen molar-refractivity contribution >= 4 is 29.2 Å². The molecule has 0 radical (unpaired) electrons. The summed E-state index contributed by atoms with van der Waals surface area (Å²) >= 11 is 1.35. The Labute approximate surface area is 254 Å². The van der Waals surface area contributed by atoms with Crippen molar-refractivity contribution in [2.45, 2.75) is 44.7 Å². The molecule has 0 bridgehead atoms. The van der Waals surface area contributed by atoms with E-state index >= 15 is 0 Å². The molecule has 0 aliphatic carbocycles. The number of aliphatic hydroxyl groups excluding tert-OH is 2. The fraction of sp³-hybridized carbons (Fsp3) is 0.312. The maximum Gasteiger partial charge on any atom is 0.410 e. The van der Waals surface area contributed by atoms with Crippen LogP contribution in [-0.2, 0) is 33.9 Å². The molecule has 2 heterocycles. The Morgan fingerprint density at radius 1 is 1.09 bits per heavy atom. The molecule has 226 valence electrons. The number of nitrogens with one attached hydrogen (secondary N) is 1. The lowest BCUT2D eigenvalue weighted by Gasteiger charge is -2.42. The molecule has 3 amide bonds. The van der Waals surface area contributed by atoms with Crippen LogP contribution in [0.5, 0.6) is 0 Å². The molecular formula is C32H36N4O6S. The summed E-state index contributed by atoms with van der Waals surface area (Å²) in [6, 6.07) is 17.8. The number of rotatable bonds is 11. The number of thiazole rings is 1. The van der Waals surface area contributed by atoms with Gasteiger partial charge in [-0.05, 0) is 23.6 Å². The molecule has 1 saturated heterocycles. The molecule has 0 unspecified atom stereocenters. The van der Waals surface area contributed by atoms with Gasteiger partial charge in [0.15, 0.2) is 12.2 Å². The summed E-state index contributed by atoms with van der Waals surface area (Å²) in [5.74, 6) is -1.71. The first-order valence-corrected chi connectivity index (χ1v) is 14.8.